The summed E-state index contributed by atoms with van der Waals surface area (Å²) in [4.78, 5) is 22.5. The molecule has 1 aromatic heterocycles. The minimum Gasteiger partial charge on any atom is -0.355 e. The molecule has 4 heteroatoms. The van der Waals surface area contributed by atoms with Gasteiger partial charge in [0.2, 0.25) is 5.91 Å². The van der Waals surface area contributed by atoms with Crippen LogP contribution in [0.4, 0.5) is 0 Å². The highest BCUT2D eigenvalue weighted by molar-refractivity contribution is 5.82. The SMILES string of the molecule is CC[C@@]12CCCN3CCc4c([nH]c5c4=CCCC=5)[C@]31N(Cc1ccccc1)C(=O)C2. The van der Waals surface area contributed by atoms with Gasteiger partial charge in [0.1, 0.15) is 5.66 Å². The van der Waals surface area contributed by atoms with Gasteiger partial charge in [-0.05, 0) is 54.9 Å². The zero-order valence-electron chi connectivity index (χ0n) is 17.9. The summed E-state index contributed by atoms with van der Waals surface area (Å²) in [5, 5.41) is 2.71. The summed E-state index contributed by atoms with van der Waals surface area (Å²) in [6, 6.07) is 10.5. The summed E-state index contributed by atoms with van der Waals surface area (Å²) in [5.41, 5.74) is 3.68. The average molecular weight is 402 g/mol. The fourth-order valence-corrected chi connectivity index (χ4v) is 7.09. The summed E-state index contributed by atoms with van der Waals surface area (Å²) in [7, 11) is 0. The van der Waals surface area contributed by atoms with Gasteiger partial charge in [0.05, 0.1) is 5.69 Å². The molecule has 2 fully saturated rings. The third-order valence-corrected chi connectivity index (χ3v) is 8.34. The van der Waals surface area contributed by atoms with E-state index in [0.717, 1.165) is 45.2 Å². The number of carbonyl (C=O) groups is 1. The standard InChI is InChI=1S/C26H31N3O/c1-2-25-14-8-15-28-16-13-21-20-11-6-7-12-22(20)27-24(21)26(25,28)29(23(30)17-25)18-19-9-4-3-5-10-19/h3-5,9-12,27H,2,6-8,13-18H2,1H3/t25-,26+/m0/s1. The lowest BCUT2D eigenvalue weighted by Crippen LogP contribution is -2.67. The Morgan fingerprint density at radius 2 is 1.93 bits per heavy atom. The number of hydrogen-bond acceptors (Lipinski definition) is 2. The summed E-state index contributed by atoms with van der Waals surface area (Å²) in [6.07, 6.45) is 12.1. The Hall–Kier alpha value is -2.33. The van der Waals surface area contributed by atoms with Gasteiger partial charge in [-0.2, -0.15) is 0 Å². The quantitative estimate of drug-likeness (QED) is 0.859. The Morgan fingerprint density at radius 1 is 1.10 bits per heavy atom. The fourth-order valence-electron chi connectivity index (χ4n) is 7.09. The summed E-state index contributed by atoms with van der Waals surface area (Å²) >= 11 is 0. The first-order valence-corrected chi connectivity index (χ1v) is 11.7. The first-order valence-electron chi connectivity index (χ1n) is 11.7. The number of fused-ring (bicyclic) bond motifs is 3. The number of hydrogen-bond donors (Lipinski definition) is 1. The van der Waals surface area contributed by atoms with E-state index in [9.17, 15) is 4.79 Å². The highest BCUT2D eigenvalue weighted by Gasteiger charge is 2.68. The van der Waals surface area contributed by atoms with Crippen LogP contribution in [0.15, 0.2) is 30.3 Å². The third-order valence-electron chi connectivity index (χ3n) is 8.34. The number of aromatic nitrogens is 1. The van der Waals surface area contributed by atoms with Crippen molar-refractivity contribution in [2.45, 2.75) is 64.1 Å². The van der Waals surface area contributed by atoms with Crippen molar-refractivity contribution in [2.75, 3.05) is 13.1 Å². The molecule has 0 bridgehead atoms. The predicted molar refractivity (Wildman–Crippen MR) is 119 cm³/mol. The van der Waals surface area contributed by atoms with Crippen LogP contribution < -0.4 is 10.6 Å². The number of nitrogens with one attached hydrogen (secondary N) is 1. The van der Waals surface area contributed by atoms with Gasteiger partial charge in [0.25, 0.3) is 0 Å². The number of amides is 1. The molecule has 4 nitrogen and oxygen atoms in total. The first kappa shape index (κ1) is 18.4. The topological polar surface area (TPSA) is 39.3 Å². The number of rotatable bonds is 3. The van der Waals surface area contributed by atoms with E-state index in [0.29, 0.717) is 18.9 Å². The number of likely N-dealkylation sites (tertiary alicyclic amines) is 1. The molecule has 156 valence electrons. The van der Waals surface area contributed by atoms with Crippen molar-refractivity contribution < 1.29 is 4.79 Å². The molecule has 1 aliphatic carbocycles. The second-order valence-corrected chi connectivity index (χ2v) is 9.58. The summed E-state index contributed by atoms with van der Waals surface area (Å²) in [5.74, 6) is 0.320. The molecule has 30 heavy (non-hydrogen) atoms. The van der Waals surface area contributed by atoms with Crippen molar-refractivity contribution in [2.24, 2.45) is 5.41 Å². The van der Waals surface area contributed by atoms with E-state index in [-0.39, 0.29) is 11.1 Å². The van der Waals surface area contributed by atoms with Crippen LogP contribution in [0.5, 0.6) is 0 Å². The van der Waals surface area contributed by atoms with Crippen LogP contribution in [0, 0.1) is 5.41 Å². The van der Waals surface area contributed by atoms with Gasteiger partial charge in [0.15, 0.2) is 0 Å². The van der Waals surface area contributed by atoms with E-state index in [1.807, 2.05) is 0 Å². The molecule has 4 heterocycles. The van der Waals surface area contributed by atoms with Gasteiger partial charge in [-0.3, -0.25) is 9.69 Å². The van der Waals surface area contributed by atoms with Gasteiger partial charge < -0.3 is 9.88 Å². The second-order valence-electron chi connectivity index (χ2n) is 9.58. The molecule has 6 rings (SSSR count). The fraction of sp³-hybridized carbons (Fsp3) is 0.500. The van der Waals surface area contributed by atoms with Crippen molar-refractivity contribution in [3.8, 4) is 0 Å². The average Bonchev–Trinajstić information content (AvgIpc) is 3.28. The Labute approximate surface area is 178 Å². The number of carbonyl (C=O) groups excluding carboxylic acids is 1. The van der Waals surface area contributed by atoms with Crippen LogP contribution in [0.1, 0.15) is 62.3 Å². The van der Waals surface area contributed by atoms with Crippen LogP contribution in [0.2, 0.25) is 0 Å². The Bertz CT molecular complexity index is 1120. The summed E-state index contributed by atoms with van der Waals surface area (Å²) < 4.78 is 0. The van der Waals surface area contributed by atoms with Gasteiger partial charge >= 0.3 is 0 Å². The minimum atomic E-state index is -0.334. The largest absolute Gasteiger partial charge is 0.355 e. The first-order chi connectivity index (χ1) is 14.7. The van der Waals surface area contributed by atoms with Crippen LogP contribution in [0.3, 0.4) is 0 Å². The zero-order valence-corrected chi connectivity index (χ0v) is 17.9. The normalized spacial score (nSPS) is 30.0. The lowest BCUT2D eigenvalue weighted by molar-refractivity contribution is -0.165. The third kappa shape index (κ3) is 2.23. The molecule has 1 N–H and O–H groups in total. The number of benzene rings is 1. The maximum Gasteiger partial charge on any atom is 0.225 e. The van der Waals surface area contributed by atoms with E-state index in [2.05, 4.69) is 64.2 Å². The number of H-pyrrole nitrogens is 1. The van der Waals surface area contributed by atoms with E-state index < -0.39 is 0 Å². The molecule has 0 radical (unpaired) electrons. The molecular formula is C26H31N3O. The van der Waals surface area contributed by atoms with Gasteiger partial charge in [0, 0.05) is 36.8 Å². The molecule has 2 saturated heterocycles. The smallest absolute Gasteiger partial charge is 0.225 e. The Balaban J connectivity index is 1.62. The predicted octanol–water partition coefficient (Wildman–Crippen LogP) is 3.00. The van der Waals surface area contributed by atoms with E-state index in [1.54, 1.807) is 0 Å². The lowest BCUT2D eigenvalue weighted by atomic mass is 9.63. The molecule has 1 amide bonds. The van der Waals surface area contributed by atoms with Crippen molar-refractivity contribution in [3.05, 3.63) is 57.7 Å². The maximum atomic E-state index is 13.7. The van der Waals surface area contributed by atoms with Crippen molar-refractivity contribution >= 4 is 18.1 Å². The van der Waals surface area contributed by atoms with E-state index >= 15 is 0 Å². The molecule has 0 unspecified atom stereocenters. The highest BCUT2D eigenvalue weighted by atomic mass is 16.2. The zero-order chi connectivity index (χ0) is 20.3. The molecule has 3 aliphatic heterocycles. The lowest BCUT2D eigenvalue weighted by Gasteiger charge is -2.60. The van der Waals surface area contributed by atoms with Crippen LogP contribution in [-0.2, 0) is 23.4 Å². The van der Waals surface area contributed by atoms with Gasteiger partial charge in [-0.15, -0.1) is 0 Å². The number of aromatic amines is 1. The Morgan fingerprint density at radius 3 is 2.77 bits per heavy atom. The summed E-state index contributed by atoms with van der Waals surface area (Å²) in [6.45, 7) is 5.12. The molecule has 4 aliphatic rings. The molecule has 2 atom stereocenters. The molecular weight excluding hydrogens is 370 g/mol. The highest BCUT2D eigenvalue weighted by Crippen LogP contribution is 2.62. The van der Waals surface area contributed by atoms with Gasteiger partial charge in [-0.1, -0.05) is 49.4 Å². The second kappa shape index (κ2) is 6.58. The van der Waals surface area contributed by atoms with Crippen molar-refractivity contribution in [1.82, 2.24) is 14.8 Å². The van der Waals surface area contributed by atoms with Crippen LogP contribution in [-0.4, -0.2) is 33.8 Å². The van der Waals surface area contributed by atoms with Crippen LogP contribution >= 0.6 is 0 Å². The van der Waals surface area contributed by atoms with E-state index in [4.69, 9.17) is 0 Å². The van der Waals surface area contributed by atoms with Crippen molar-refractivity contribution in [3.63, 3.8) is 0 Å². The van der Waals surface area contributed by atoms with Gasteiger partial charge in [-0.25, -0.2) is 0 Å². The number of nitrogens with zero attached hydrogens (tertiary/aromatic N) is 2. The number of piperidine rings is 1. The van der Waals surface area contributed by atoms with E-state index in [1.165, 1.54) is 33.8 Å². The maximum absolute atomic E-state index is 13.7. The Kier molecular flexibility index (Phi) is 4.05. The molecule has 2 aromatic rings. The minimum absolute atomic E-state index is 0.0142. The molecule has 0 saturated carbocycles. The van der Waals surface area contributed by atoms with Crippen molar-refractivity contribution in [1.29, 1.82) is 0 Å². The molecule has 1 spiro atoms. The van der Waals surface area contributed by atoms with Crippen LogP contribution in [0.25, 0.3) is 12.2 Å². The monoisotopic (exact) mass is 401 g/mol. The molecule has 1 aromatic carbocycles.